The van der Waals surface area contributed by atoms with Crippen LogP contribution < -0.4 is 10.1 Å². The topological polar surface area (TPSA) is 95.9 Å². The third kappa shape index (κ3) is 7.75. The molecular formula is C31H39ClN2O5. The van der Waals surface area contributed by atoms with Gasteiger partial charge >= 0.3 is 5.97 Å². The van der Waals surface area contributed by atoms with E-state index in [0.29, 0.717) is 35.3 Å². The van der Waals surface area contributed by atoms with E-state index in [1.165, 1.54) is 0 Å². The second-order valence-electron chi connectivity index (χ2n) is 11.0. The van der Waals surface area contributed by atoms with E-state index in [-0.39, 0.29) is 42.7 Å². The van der Waals surface area contributed by atoms with Crippen LogP contribution >= 0.6 is 11.6 Å². The number of benzene rings is 2. The summed E-state index contributed by atoms with van der Waals surface area (Å²) < 4.78 is 6.39. The van der Waals surface area contributed by atoms with Crippen molar-refractivity contribution in [2.45, 2.75) is 89.7 Å². The third-order valence-corrected chi connectivity index (χ3v) is 8.34. The highest BCUT2D eigenvalue weighted by molar-refractivity contribution is 6.31. The number of hydrogen-bond acceptors (Lipinski definition) is 4. The fraction of sp³-hybridized carbons (Fsp3) is 0.516. The third-order valence-electron chi connectivity index (χ3n) is 8.12. The number of carbonyl (C=O) groups is 3. The predicted molar refractivity (Wildman–Crippen MR) is 152 cm³/mol. The summed E-state index contributed by atoms with van der Waals surface area (Å²) in [5.74, 6) is -0.214. The molecule has 1 heterocycles. The smallest absolute Gasteiger partial charge is 0.303 e. The molecule has 39 heavy (non-hydrogen) atoms. The van der Waals surface area contributed by atoms with E-state index in [2.05, 4.69) is 12.2 Å². The maximum atomic E-state index is 13.1. The van der Waals surface area contributed by atoms with Crippen LogP contribution in [0.15, 0.2) is 42.5 Å². The molecule has 7 nitrogen and oxygen atoms in total. The van der Waals surface area contributed by atoms with Crippen LogP contribution in [0.5, 0.6) is 5.75 Å². The number of aliphatic carboxylic acids is 1. The second kappa shape index (κ2) is 13.3. The maximum absolute atomic E-state index is 13.1. The number of carbonyl (C=O) groups excluding carboxylic acids is 2. The monoisotopic (exact) mass is 554 g/mol. The van der Waals surface area contributed by atoms with E-state index < -0.39 is 5.97 Å². The molecule has 2 fully saturated rings. The van der Waals surface area contributed by atoms with Gasteiger partial charge in [-0.25, -0.2) is 0 Å². The van der Waals surface area contributed by atoms with Gasteiger partial charge in [0.1, 0.15) is 11.9 Å². The van der Waals surface area contributed by atoms with Crippen LogP contribution in [0.1, 0.15) is 81.8 Å². The maximum Gasteiger partial charge on any atom is 0.303 e. The van der Waals surface area contributed by atoms with E-state index in [9.17, 15) is 14.4 Å². The molecule has 0 spiro atoms. The number of anilines is 1. The summed E-state index contributed by atoms with van der Waals surface area (Å²) in [4.78, 5) is 39.2. The zero-order chi connectivity index (χ0) is 27.9. The van der Waals surface area contributed by atoms with Gasteiger partial charge in [0, 0.05) is 60.5 Å². The van der Waals surface area contributed by atoms with Crippen LogP contribution in [0, 0.1) is 12.8 Å². The van der Waals surface area contributed by atoms with Crippen LogP contribution in [0.3, 0.4) is 0 Å². The van der Waals surface area contributed by atoms with Crippen molar-refractivity contribution >= 4 is 35.1 Å². The number of carboxylic acids is 1. The van der Waals surface area contributed by atoms with Crippen LogP contribution in [-0.4, -0.2) is 46.5 Å². The van der Waals surface area contributed by atoms with Gasteiger partial charge in [-0.15, -0.1) is 0 Å². The summed E-state index contributed by atoms with van der Waals surface area (Å²) in [6.45, 7) is 4.66. The lowest BCUT2D eigenvalue weighted by Gasteiger charge is -2.39. The molecule has 1 aliphatic carbocycles. The van der Waals surface area contributed by atoms with Gasteiger partial charge in [0.15, 0.2) is 0 Å². The normalized spacial score (nSPS) is 20.4. The quantitative estimate of drug-likeness (QED) is 0.346. The number of halogens is 1. The molecule has 1 saturated heterocycles. The van der Waals surface area contributed by atoms with Crippen molar-refractivity contribution in [2.24, 2.45) is 5.92 Å². The summed E-state index contributed by atoms with van der Waals surface area (Å²) >= 11 is 6.43. The zero-order valence-electron chi connectivity index (χ0n) is 22.8. The number of nitrogens with zero attached hydrogens (tertiary/aromatic N) is 1. The van der Waals surface area contributed by atoms with Gasteiger partial charge < -0.3 is 20.1 Å². The predicted octanol–water partition coefficient (Wildman–Crippen LogP) is 6.57. The first kappa shape index (κ1) is 28.9. The summed E-state index contributed by atoms with van der Waals surface area (Å²) in [5, 5.41) is 12.6. The standard InChI is InChI=1S/C31H39ClN2O5/c1-20-16-26(14-15-34(20)31(38)23-10-6-7-11-23)39-28-19-25(32)18-27(21(28)2)33-29(35)17-24(12-13-30(36)37)22-8-4-3-5-9-22/h3-5,8-9,18-20,23-24,26H,6-7,10-17H2,1-2H3,(H,33,35)(H,36,37)/t20-,24?,26-/m0/s1. The Morgan fingerprint density at radius 1 is 1.13 bits per heavy atom. The Morgan fingerprint density at radius 3 is 2.51 bits per heavy atom. The molecular weight excluding hydrogens is 516 g/mol. The van der Waals surface area contributed by atoms with Crippen LogP contribution in [0.25, 0.3) is 0 Å². The second-order valence-corrected chi connectivity index (χ2v) is 11.4. The van der Waals surface area contributed by atoms with Crippen molar-refractivity contribution in [2.75, 3.05) is 11.9 Å². The van der Waals surface area contributed by atoms with Gasteiger partial charge in [-0.05, 0) is 56.7 Å². The van der Waals surface area contributed by atoms with Gasteiger partial charge in [0.05, 0.1) is 0 Å². The molecule has 4 rings (SSSR count). The van der Waals surface area contributed by atoms with Gasteiger partial charge in [0.2, 0.25) is 11.8 Å². The number of nitrogens with one attached hydrogen (secondary N) is 1. The first-order valence-corrected chi connectivity index (χ1v) is 14.4. The fourth-order valence-corrected chi connectivity index (χ4v) is 6.10. The molecule has 3 atom stereocenters. The first-order chi connectivity index (χ1) is 18.7. The summed E-state index contributed by atoms with van der Waals surface area (Å²) in [5.41, 5.74) is 2.30. The molecule has 1 saturated carbocycles. The minimum Gasteiger partial charge on any atom is -0.490 e. The Bertz CT molecular complexity index is 1170. The van der Waals surface area contributed by atoms with Crippen molar-refractivity contribution in [3.63, 3.8) is 0 Å². The zero-order valence-corrected chi connectivity index (χ0v) is 23.6. The number of likely N-dealkylation sites (tertiary alicyclic amines) is 1. The van der Waals surface area contributed by atoms with E-state index in [1.54, 1.807) is 12.1 Å². The molecule has 1 aliphatic heterocycles. The van der Waals surface area contributed by atoms with Crippen molar-refractivity contribution in [1.29, 1.82) is 0 Å². The molecule has 2 N–H and O–H groups in total. The molecule has 2 aromatic rings. The number of ether oxygens (including phenoxy) is 1. The van der Waals surface area contributed by atoms with Crippen LogP contribution in [0.4, 0.5) is 5.69 Å². The molecule has 210 valence electrons. The Balaban J connectivity index is 1.39. The summed E-state index contributed by atoms with van der Waals surface area (Å²) in [6, 6.07) is 13.1. The van der Waals surface area contributed by atoms with Crippen molar-refractivity contribution in [3.05, 3.63) is 58.6 Å². The highest BCUT2D eigenvalue weighted by atomic mass is 35.5. The van der Waals surface area contributed by atoms with Gasteiger partial charge in [-0.3, -0.25) is 14.4 Å². The Labute approximate surface area is 235 Å². The molecule has 2 aliphatic rings. The number of rotatable bonds is 10. The minimum absolute atomic E-state index is 0.00941. The Hall–Kier alpha value is -3.06. The van der Waals surface area contributed by atoms with Crippen molar-refractivity contribution < 1.29 is 24.2 Å². The molecule has 8 heteroatoms. The highest BCUT2D eigenvalue weighted by Gasteiger charge is 2.34. The minimum atomic E-state index is -0.883. The average Bonchev–Trinajstić information content (AvgIpc) is 3.44. The van der Waals surface area contributed by atoms with Crippen molar-refractivity contribution in [1.82, 2.24) is 4.90 Å². The number of hydrogen-bond donors (Lipinski definition) is 2. The highest BCUT2D eigenvalue weighted by Crippen LogP contribution is 2.35. The molecule has 2 aromatic carbocycles. The lowest BCUT2D eigenvalue weighted by molar-refractivity contribution is -0.140. The van der Waals surface area contributed by atoms with Gasteiger partial charge in [0.25, 0.3) is 0 Å². The molecule has 2 amide bonds. The Morgan fingerprint density at radius 2 is 1.85 bits per heavy atom. The van der Waals surface area contributed by atoms with E-state index in [0.717, 1.165) is 49.7 Å². The molecule has 1 unspecified atom stereocenters. The molecule has 0 aromatic heterocycles. The molecule has 0 bridgehead atoms. The number of amides is 2. The van der Waals surface area contributed by atoms with E-state index in [1.807, 2.05) is 42.2 Å². The van der Waals surface area contributed by atoms with Gasteiger partial charge in [-0.1, -0.05) is 54.8 Å². The fourth-order valence-electron chi connectivity index (χ4n) is 5.89. The Kier molecular flexibility index (Phi) is 9.89. The average molecular weight is 555 g/mol. The van der Waals surface area contributed by atoms with Crippen LogP contribution in [0.2, 0.25) is 5.02 Å². The van der Waals surface area contributed by atoms with Crippen molar-refractivity contribution in [3.8, 4) is 5.75 Å². The lowest BCUT2D eigenvalue weighted by atomic mass is 9.91. The van der Waals surface area contributed by atoms with E-state index >= 15 is 0 Å². The summed E-state index contributed by atoms with van der Waals surface area (Å²) in [6.07, 6.45) is 6.26. The number of carboxylic acid groups (broad SMARTS) is 1. The van der Waals surface area contributed by atoms with Gasteiger partial charge in [-0.2, -0.15) is 0 Å². The first-order valence-electron chi connectivity index (χ1n) is 14.0. The SMILES string of the molecule is Cc1c(NC(=O)CC(CCC(=O)O)c2ccccc2)cc(Cl)cc1O[C@H]1CCN(C(=O)C2CCCC2)[C@@H](C)C1. The number of piperidine rings is 1. The summed E-state index contributed by atoms with van der Waals surface area (Å²) in [7, 11) is 0. The molecule has 0 radical (unpaired) electrons. The lowest BCUT2D eigenvalue weighted by Crippen LogP contribution is -2.49. The largest absolute Gasteiger partial charge is 0.490 e. The van der Waals surface area contributed by atoms with Crippen LogP contribution in [-0.2, 0) is 14.4 Å². The van der Waals surface area contributed by atoms with E-state index in [4.69, 9.17) is 21.4 Å².